The summed E-state index contributed by atoms with van der Waals surface area (Å²) in [5.41, 5.74) is 1.85. The van der Waals surface area contributed by atoms with Gasteiger partial charge in [-0.2, -0.15) is 0 Å². The first-order chi connectivity index (χ1) is 14.1. The number of benzene rings is 1. The van der Waals surface area contributed by atoms with Crippen molar-refractivity contribution in [3.8, 4) is 5.75 Å². The number of aliphatic carboxylic acids is 1. The van der Waals surface area contributed by atoms with Crippen molar-refractivity contribution in [1.29, 1.82) is 0 Å². The summed E-state index contributed by atoms with van der Waals surface area (Å²) in [6.45, 7) is 2.87. The van der Waals surface area contributed by atoms with Crippen LogP contribution in [0.3, 0.4) is 0 Å². The van der Waals surface area contributed by atoms with Gasteiger partial charge in [0.25, 0.3) is 5.56 Å². The van der Waals surface area contributed by atoms with Crippen molar-refractivity contribution < 1.29 is 19.4 Å². The highest BCUT2D eigenvalue weighted by molar-refractivity contribution is 5.72. The quantitative estimate of drug-likeness (QED) is 0.660. The number of carboxylic acid groups (broad SMARTS) is 1. The SMILES string of the molecule is CCOC(Cc1ccn(CCOc2ccc(C3CCCC3)cc2)c(=O)c1)C(=O)O. The van der Waals surface area contributed by atoms with E-state index in [1.807, 2.05) is 12.1 Å². The van der Waals surface area contributed by atoms with Crippen LogP contribution in [0.1, 0.15) is 49.7 Å². The minimum atomic E-state index is -1.02. The van der Waals surface area contributed by atoms with Gasteiger partial charge in [-0.1, -0.05) is 25.0 Å². The molecule has 1 fully saturated rings. The van der Waals surface area contributed by atoms with Crippen molar-refractivity contribution in [2.75, 3.05) is 13.2 Å². The predicted octanol–water partition coefficient (Wildman–Crippen LogP) is 3.62. The predicted molar refractivity (Wildman–Crippen MR) is 111 cm³/mol. The molecule has 1 N–H and O–H groups in total. The van der Waals surface area contributed by atoms with Gasteiger partial charge >= 0.3 is 5.97 Å². The van der Waals surface area contributed by atoms with Crippen LogP contribution in [0.4, 0.5) is 0 Å². The number of nitrogens with zero attached hydrogens (tertiary/aromatic N) is 1. The second-order valence-corrected chi connectivity index (χ2v) is 7.45. The third kappa shape index (κ3) is 5.94. The summed E-state index contributed by atoms with van der Waals surface area (Å²) in [5, 5.41) is 9.17. The van der Waals surface area contributed by atoms with E-state index in [0.717, 1.165) is 5.75 Å². The lowest BCUT2D eigenvalue weighted by Gasteiger charge is -2.13. The fraction of sp³-hybridized carbons (Fsp3) is 0.478. The van der Waals surface area contributed by atoms with E-state index in [-0.39, 0.29) is 12.0 Å². The molecule has 1 aromatic carbocycles. The highest BCUT2D eigenvalue weighted by atomic mass is 16.5. The molecular formula is C23H29NO5. The normalized spacial score (nSPS) is 15.3. The largest absolute Gasteiger partial charge is 0.492 e. The Labute approximate surface area is 171 Å². The van der Waals surface area contributed by atoms with Gasteiger partial charge in [-0.15, -0.1) is 0 Å². The van der Waals surface area contributed by atoms with Crippen LogP contribution < -0.4 is 10.3 Å². The zero-order valence-electron chi connectivity index (χ0n) is 16.9. The smallest absolute Gasteiger partial charge is 0.333 e. The number of carbonyl (C=O) groups is 1. The molecule has 29 heavy (non-hydrogen) atoms. The average Bonchev–Trinajstić information content (AvgIpc) is 3.24. The molecule has 0 radical (unpaired) electrons. The summed E-state index contributed by atoms with van der Waals surface area (Å²) in [7, 11) is 0. The van der Waals surface area contributed by atoms with Crippen LogP contribution in [0.2, 0.25) is 0 Å². The van der Waals surface area contributed by atoms with Crippen molar-refractivity contribution in [2.24, 2.45) is 0 Å². The Bertz CT molecular complexity index is 852. The molecule has 6 heteroatoms. The van der Waals surface area contributed by atoms with Crippen LogP contribution in [-0.4, -0.2) is 35.0 Å². The van der Waals surface area contributed by atoms with Gasteiger partial charge in [-0.25, -0.2) is 4.79 Å². The Kier molecular flexibility index (Phi) is 7.47. The third-order valence-corrected chi connectivity index (χ3v) is 5.43. The first kappa shape index (κ1) is 21.1. The van der Waals surface area contributed by atoms with Crippen molar-refractivity contribution in [3.05, 3.63) is 64.1 Å². The summed E-state index contributed by atoms with van der Waals surface area (Å²) >= 11 is 0. The topological polar surface area (TPSA) is 77.8 Å². The number of rotatable bonds is 10. The Balaban J connectivity index is 1.51. The summed E-state index contributed by atoms with van der Waals surface area (Å²) in [6.07, 6.45) is 6.09. The number of carboxylic acids is 1. The minimum Gasteiger partial charge on any atom is -0.492 e. The van der Waals surface area contributed by atoms with Crippen molar-refractivity contribution in [1.82, 2.24) is 4.57 Å². The van der Waals surface area contributed by atoms with Crippen LogP contribution in [0.15, 0.2) is 47.4 Å². The Morgan fingerprint density at radius 2 is 1.93 bits per heavy atom. The first-order valence-corrected chi connectivity index (χ1v) is 10.3. The van der Waals surface area contributed by atoms with E-state index in [1.165, 1.54) is 37.3 Å². The minimum absolute atomic E-state index is 0.170. The molecule has 0 amide bonds. The van der Waals surface area contributed by atoms with E-state index in [1.54, 1.807) is 23.8 Å². The van der Waals surface area contributed by atoms with Crippen LogP contribution in [0.5, 0.6) is 5.75 Å². The lowest BCUT2D eigenvalue weighted by Crippen LogP contribution is -2.28. The van der Waals surface area contributed by atoms with Crippen LogP contribution in [0.25, 0.3) is 0 Å². The zero-order chi connectivity index (χ0) is 20.6. The monoisotopic (exact) mass is 399 g/mol. The number of aromatic nitrogens is 1. The standard InChI is InChI=1S/C23H29NO5/c1-2-28-21(23(26)27)15-17-11-12-24(22(25)16-17)13-14-29-20-9-7-19(8-10-20)18-5-3-4-6-18/h7-12,16,18,21H,2-6,13-15H2,1H3,(H,26,27). The lowest BCUT2D eigenvalue weighted by molar-refractivity contribution is -0.149. The molecule has 1 unspecified atom stereocenters. The van der Waals surface area contributed by atoms with Gasteiger partial charge in [0.2, 0.25) is 0 Å². The summed E-state index contributed by atoms with van der Waals surface area (Å²) < 4.78 is 12.5. The van der Waals surface area contributed by atoms with E-state index in [4.69, 9.17) is 14.6 Å². The Hall–Kier alpha value is -2.60. The van der Waals surface area contributed by atoms with Crippen LogP contribution in [0, 0.1) is 0 Å². The first-order valence-electron chi connectivity index (χ1n) is 10.3. The molecule has 0 aliphatic heterocycles. The number of hydrogen-bond acceptors (Lipinski definition) is 4. The molecule has 156 valence electrons. The summed E-state index contributed by atoms with van der Waals surface area (Å²) in [4.78, 5) is 23.5. The van der Waals surface area contributed by atoms with Gasteiger partial charge in [0.15, 0.2) is 6.10 Å². The maximum absolute atomic E-state index is 12.3. The number of hydrogen-bond donors (Lipinski definition) is 1. The van der Waals surface area contributed by atoms with E-state index in [0.29, 0.717) is 31.2 Å². The maximum atomic E-state index is 12.3. The maximum Gasteiger partial charge on any atom is 0.333 e. The highest BCUT2D eigenvalue weighted by Gasteiger charge is 2.18. The third-order valence-electron chi connectivity index (χ3n) is 5.43. The van der Waals surface area contributed by atoms with Gasteiger partial charge in [-0.05, 0) is 55.0 Å². The van der Waals surface area contributed by atoms with Crippen molar-refractivity contribution >= 4 is 5.97 Å². The van der Waals surface area contributed by atoms with Gasteiger partial charge in [-0.3, -0.25) is 4.79 Å². The Morgan fingerprint density at radius 3 is 2.55 bits per heavy atom. The Morgan fingerprint density at radius 1 is 1.21 bits per heavy atom. The molecule has 1 aliphatic rings. The van der Waals surface area contributed by atoms with Crippen LogP contribution >= 0.6 is 0 Å². The fourth-order valence-corrected chi connectivity index (χ4v) is 3.85. The van der Waals surface area contributed by atoms with E-state index < -0.39 is 12.1 Å². The van der Waals surface area contributed by atoms with Gasteiger partial charge in [0.1, 0.15) is 12.4 Å². The molecule has 0 spiro atoms. The fourth-order valence-electron chi connectivity index (χ4n) is 3.85. The number of pyridine rings is 1. The van der Waals surface area contributed by atoms with Gasteiger partial charge < -0.3 is 19.1 Å². The summed E-state index contributed by atoms with van der Waals surface area (Å²) in [5.74, 6) is 0.463. The zero-order valence-corrected chi connectivity index (χ0v) is 16.9. The van der Waals surface area contributed by atoms with Gasteiger partial charge in [0, 0.05) is 25.3 Å². The van der Waals surface area contributed by atoms with Gasteiger partial charge in [0.05, 0.1) is 6.54 Å². The molecule has 2 aromatic rings. The molecule has 0 saturated heterocycles. The molecule has 1 saturated carbocycles. The highest BCUT2D eigenvalue weighted by Crippen LogP contribution is 2.34. The van der Waals surface area contributed by atoms with Crippen molar-refractivity contribution in [3.63, 3.8) is 0 Å². The second-order valence-electron chi connectivity index (χ2n) is 7.45. The molecule has 3 rings (SSSR count). The summed E-state index contributed by atoms with van der Waals surface area (Å²) in [6, 6.07) is 11.5. The second kappa shape index (κ2) is 10.3. The molecule has 6 nitrogen and oxygen atoms in total. The van der Waals surface area contributed by atoms with E-state index in [9.17, 15) is 9.59 Å². The molecule has 1 aliphatic carbocycles. The lowest BCUT2D eigenvalue weighted by atomic mass is 9.98. The van der Waals surface area contributed by atoms with Crippen LogP contribution in [-0.2, 0) is 22.5 Å². The number of ether oxygens (including phenoxy) is 2. The molecule has 1 aromatic heterocycles. The van der Waals surface area contributed by atoms with Crippen molar-refractivity contribution in [2.45, 2.75) is 57.6 Å². The average molecular weight is 399 g/mol. The molecule has 1 heterocycles. The van der Waals surface area contributed by atoms with E-state index in [2.05, 4.69) is 12.1 Å². The molecule has 0 bridgehead atoms. The molecule has 1 atom stereocenters. The van der Waals surface area contributed by atoms with E-state index >= 15 is 0 Å². The molecular weight excluding hydrogens is 370 g/mol.